The second kappa shape index (κ2) is 5.62. The minimum Gasteiger partial charge on any atom is -0.374 e. The van der Waals surface area contributed by atoms with Crippen LogP contribution in [-0.2, 0) is 11.3 Å². The van der Waals surface area contributed by atoms with Gasteiger partial charge in [-0.15, -0.1) is 0 Å². The molecule has 1 fully saturated rings. The molecule has 1 aromatic rings. The molecular formula is C12H22N4O. The molecule has 2 heterocycles. The molecule has 1 aromatic heterocycles. The third-order valence-corrected chi connectivity index (χ3v) is 3.32. The van der Waals surface area contributed by atoms with E-state index < -0.39 is 0 Å². The molecule has 1 aliphatic heterocycles. The van der Waals surface area contributed by atoms with E-state index in [4.69, 9.17) is 4.74 Å². The molecule has 1 saturated heterocycles. The van der Waals surface area contributed by atoms with E-state index >= 15 is 0 Å². The Morgan fingerprint density at radius 1 is 1.65 bits per heavy atom. The van der Waals surface area contributed by atoms with E-state index in [0.29, 0.717) is 0 Å². The lowest BCUT2D eigenvalue weighted by Crippen LogP contribution is -2.46. The van der Waals surface area contributed by atoms with Crippen LogP contribution in [0.2, 0.25) is 0 Å². The predicted octanol–water partition coefficient (Wildman–Crippen LogP) is 0.494. The van der Waals surface area contributed by atoms with Crippen LogP contribution in [0, 0.1) is 0 Å². The number of nitrogens with zero attached hydrogens (tertiary/aromatic N) is 3. The highest BCUT2D eigenvalue weighted by Gasteiger charge is 2.27. The first-order valence-corrected chi connectivity index (χ1v) is 6.24. The van der Waals surface area contributed by atoms with Gasteiger partial charge in [-0.25, -0.2) is 0 Å². The average Bonchev–Trinajstić information content (AvgIpc) is 2.79. The fourth-order valence-corrected chi connectivity index (χ4v) is 2.29. The lowest BCUT2D eigenvalue weighted by Gasteiger charge is -2.34. The van der Waals surface area contributed by atoms with Crippen molar-refractivity contribution >= 4 is 0 Å². The number of morpholine rings is 1. The fourth-order valence-electron chi connectivity index (χ4n) is 2.29. The minimum absolute atomic E-state index is 0.202. The van der Waals surface area contributed by atoms with Crippen molar-refractivity contribution in [1.29, 1.82) is 0 Å². The van der Waals surface area contributed by atoms with E-state index in [0.717, 1.165) is 26.2 Å². The van der Waals surface area contributed by atoms with Crippen LogP contribution in [-0.4, -0.2) is 54.6 Å². The van der Waals surface area contributed by atoms with Gasteiger partial charge in [0.15, 0.2) is 0 Å². The third kappa shape index (κ3) is 2.86. The van der Waals surface area contributed by atoms with Crippen LogP contribution >= 0.6 is 0 Å². The number of aromatic nitrogens is 2. The van der Waals surface area contributed by atoms with Gasteiger partial charge < -0.3 is 15.0 Å². The number of rotatable bonds is 4. The van der Waals surface area contributed by atoms with E-state index in [1.54, 1.807) is 0 Å². The Labute approximate surface area is 103 Å². The maximum absolute atomic E-state index is 5.86. The second-order valence-electron chi connectivity index (χ2n) is 4.57. The molecule has 0 spiro atoms. The van der Waals surface area contributed by atoms with Gasteiger partial charge in [0.1, 0.15) is 0 Å². The highest BCUT2D eigenvalue weighted by Crippen LogP contribution is 2.21. The zero-order valence-electron chi connectivity index (χ0n) is 10.9. The van der Waals surface area contributed by atoms with Crippen molar-refractivity contribution in [2.45, 2.75) is 25.6 Å². The monoisotopic (exact) mass is 238 g/mol. The lowest BCUT2D eigenvalue weighted by atomic mass is 10.0. The molecule has 1 N–H and O–H groups in total. The average molecular weight is 238 g/mol. The number of nitrogens with one attached hydrogen (secondary N) is 1. The number of likely N-dealkylation sites (N-methyl/N-ethyl adjacent to an activating group) is 2. The van der Waals surface area contributed by atoms with Crippen LogP contribution in [0.15, 0.2) is 12.4 Å². The van der Waals surface area contributed by atoms with Gasteiger partial charge in [-0.1, -0.05) is 0 Å². The molecule has 96 valence electrons. The summed E-state index contributed by atoms with van der Waals surface area (Å²) in [7, 11) is 4.11. The summed E-state index contributed by atoms with van der Waals surface area (Å²) in [4.78, 5) is 2.31. The lowest BCUT2D eigenvalue weighted by molar-refractivity contribution is -0.0380. The van der Waals surface area contributed by atoms with Gasteiger partial charge in [0.2, 0.25) is 0 Å². The summed E-state index contributed by atoms with van der Waals surface area (Å²) in [6.45, 7) is 5.78. The molecule has 0 saturated carbocycles. The van der Waals surface area contributed by atoms with Gasteiger partial charge in [-0.05, 0) is 21.0 Å². The first-order chi connectivity index (χ1) is 8.24. The quantitative estimate of drug-likeness (QED) is 0.829. The Morgan fingerprint density at radius 3 is 3.06 bits per heavy atom. The molecule has 0 aromatic carbocycles. The minimum atomic E-state index is 0.202. The molecule has 2 rings (SSSR count). The van der Waals surface area contributed by atoms with Crippen molar-refractivity contribution < 1.29 is 4.74 Å². The Hall–Kier alpha value is -0.910. The molecule has 17 heavy (non-hydrogen) atoms. The third-order valence-electron chi connectivity index (χ3n) is 3.32. The molecule has 0 amide bonds. The second-order valence-corrected chi connectivity index (χ2v) is 4.57. The van der Waals surface area contributed by atoms with Crippen LogP contribution in [0.1, 0.15) is 18.5 Å². The van der Waals surface area contributed by atoms with Gasteiger partial charge >= 0.3 is 0 Å². The van der Waals surface area contributed by atoms with Crippen molar-refractivity contribution in [3.8, 4) is 0 Å². The molecule has 0 aliphatic carbocycles. The number of hydrogen-bond acceptors (Lipinski definition) is 4. The zero-order valence-corrected chi connectivity index (χ0v) is 10.9. The summed E-state index contributed by atoms with van der Waals surface area (Å²) >= 11 is 0. The highest BCUT2D eigenvalue weighted by molar-refractivity contribution is 5.13. The van der Waals surface area contributed by atoms with E-state index in [1.807, 2.05) is 17.9 Å². The molecule has 0 bridgehead atoms. The summed E-state index contributed by atoms with van der Waals surface area (Å²) < 4.78 is 7.81. The van der Waals surface area contributed by atoms with Gasteiger partial charge in [0, 0.05) is 31.4 Å². The number of hydrogen-bond donors (Lipinski definition) is 1. The van der Waals surface area contributed by atoms with E-state index in [1.165, 1.54) is 5.56 Å². The zero-order chi connectivity index (χ0) is 12.3. The Bertz CT molecular complexity index is 352. The summed E-state index contributed by atoms with van der Waals surface area (Å²) in [6, 6.07) is 0.220. The van der Waals surface area contributed by atoms with E-state index in [2.05, 4.69) is 35.5 Å². The van der Waals surface area contributed by atoms with Crippen molar-refractivity contribution in [2.75, 3.05) is 33.8 Å². The molecule has 2 unspecified atom stereocenters. The predicted molar refractivity (Wildman–Crippen MR) is 66.9 cm³/mol. The molecule has 5 heteroatoms. The Balaban J connectivity index is 2.09. The number of ether oxygens (including phenoxy) is 1. The largest absolute Gasteiger partial charge is 0.374 e. The normalized spacial score (nSPS) is 23.8. The SMILES string of the molecule is CCn1cc(C(NC)C2CN(C)CCO2)cn1. The first kappa shape index (κ1) is 12.5. The van der Waals surface area contributed by atoms with Crippen LogP contribution in [0.3, 0.4) is 0 Å². The van der Waals surface area contributed by atoms with E-state index in [9.17, 15) is 0 Å². The topological polar surface area (TPSA) is 42.3 Å². The van der Waals surface area contributed by atoms with Crippen molar-refractivity contribution in [1.82, 2.24) is 20.0 Å². The Morgan fingerprint density at radius 2 is 2.47 bits per heavy atom. The summed E-state index contributed by atoms with van der Waals surface area (Å²) in [6.07, 6.45) is 4.23. The number of aryl methyl sites for hydroxylation is 1. The molecular weight excluding hydrogens is 216 g/mol. The van der Waals surface area contributed by atoms with Gasteiger partial charge in [0.25, 0.3) is 0 Å². The van der Waals surface area contributed by atoms with Gasteiger partial charge in [0.05, 0.1) is 24.9 Å². The van der Waals surface area contributed by atoms with Crippen LogP contribution in [0.4, 0.5) is 0 Å². The fraction of sp³-hybridized carbons (Fsp3) is 0.750. The summed E-state index contributed by atoms with van der Waals surface area (Å²) in [5.41, 5.74) is 1.20. The van der Waals surface area contributed by atoms with Gasteiger partial charge in [-0.3, -0.25) is 4.68 Å². The first-order valence-electron chi connectivity index (χ1n) is 6.24. The maximum Gasteiger partial charge on any atom is 0.0897 e. The van der Waals surface area contributed by atoms with Crippen LogP contribution in [0.5, 0.6) is 0 Å². The summed E-state index contributed by atoms with van der Waals surface area (Å²) in [5.74, 6) is 0. The molecule has 2 atom stereocenters. The van der Waals surface area contributed by atoms with Crippen molar-refractivity contribution in [3.05, 3.63) is 18.0 Å². The standard InChI is InChI=1S/C12H22N4O/c1-4-16-8-10(7-14-16)12(13-2)11-9-15(3)5-6-17-11/h7-8,11-13H,4-6,9H2,1-3H3. The molecule has 5 nitrogen and oxygen atoms in total. The van der Waals surface area contributed by atoms with Crippen molar-refractivity contribution in [2.24, 2.45) is 0 Å². The molecule has 0 radical (unpaired) electrons. The van der Waals surface area contributed by atoms with Crippen LogP contribution < -0.4 is 5.32 Å². The highest BCUT2D eigenvalue weighted by atomic mass is 16.5. The Kier molecular flexibility index (Phi) is 4.15. The summed E-state index contributed by atoms with van der Waals surface area (Å²) in [5, 5.41) is 7.67. The van der Waals surface area contributed by atoms with Crippen LogP contribution in [0.25, 0.3) is 0 Å². The van der Waals surface area contributed by atoms with E-state index in [-0.39, 0.29) is 12.1 Å². The van der Waals surface area contributed by atoms with Crippen molar-refractivity contribution in [3.63, 3.8) is 0 Å². The van der Waals surface area contributed by atoms with Gasteiger partial charge in [-0.2, -0.15) is 5.10 Å². The maximum atomic E-state index is 5.86. The smallest absolute Gasteiger partial charge is 0.0897 e. The molecule has 1 aliphatic rings.